The fraction of sp³-hybridized carbons (Fsp3) is 0.364. The minimum Gasteiger partial charge on any atom is -0.467 e. The highest BCUT2D eigenvalue weighted by atomic mass is 16.6. The molecule has 0 aliphatic carbocycles. The second kappa shape index (κ2) is 5.97. The molecule has 18 heavy (non-hydrogen) atoms. The Balaban J connectivity index is 2.98. The van der Waals surface area contributed by atoms with Crippen molar-refractivity contribution in [3.8, 4) is 0 Å². The number of aliphatic hydroxyl groups excluding tert-OH is 1. The molecular weight excluding hydrogens is 240 g/mol. The Morgan fingerprint density at radius 3 is 2.78 bits per heavy atom. The molecule has 0 saturated carbocycles. The molecule has 98 valence electrons. The first kappa shape index (κ1) is 13.9. The lowest BCUT2D eigenvalue weighted by Crippen LogP contribution is -2.34. The Labute approximate surface area is 104 Å². The van der Waals surface area contributed by atoms with Crippen molar-refractivity contribution >= 4 is 17.3 Å². The molecule has 0 radical (unpaired) electrons. The first-order valence-corrected chi connectivity index (χ1v) is 5.20. The van der Waals surface area contributed by atoms with Crippen molar-refractivity contribution in [2.45, 2.75) is 13.0 Å². The zero-order valence-corrected chi connectivity index (χ0v) is 10.0. The third-order valence-electron chi connectivity index (χ3n) is 2.43. The predicted octanol–water partition coefficient (Wildman–Crippen LogP) is 0.849. The molecule has 0 aliphatic heterocycles. The normalized spacial score (nSPS) is 11.7. The van der Waals surface area contributed by atoms with Crippen molar-refractivity contribution in [2.24, 2.45) is 0 Å². The van der Waals surface area contributed by atoms with Crippen LogP contribution in [0.3, 0.4) is 0 Å². The Bertz CT molecular complexity index is 461. The van der Waals surface area contributed by atoms with E-state index in [0.717, 1.165) is 5.56 Å². The number of aryl methyl sites for hydroxylation is 1. The molecule has 0 aromatic heterocycles. The molecule has 0 spiro atoms. The van der Waals surface area contributed by atoms with Crippen molar-refractivity contribution in [3.05, 3.63) is 33.9 Å². The lowest BCUT2D eigenvalue weighted by molar-refractivity contribution is -0.384. The summed E-state index contributed by atoms with van der Waals surface area (Å²) in [5, 5.41) is 22.4. The number of nitro groups is 1. The predicted molar refractivity (Wildman–Crippen MR) is 64.3 cm³/mol. The maximum Gasteiger partial charge on any atom is 0.330 e. The van der Waals surface area contributed by atoms with Gasteiger partial charge in [0.15, 0.2) is 0 Å². The fourth-order valence-corrected chi connectivity index (χ4v) is 1.39. The summed E-state index contributed by atoms with van der Waals surface area (Å²) in [5.41, 5.74) is 1.04. The number of esters is 1. The number of benzene rings is 1. The van der Waals surface area contributed by atoms with Gasteiger partial charge in [0.1, 0.15) is 6.04 Å². The molecular formula is C11H14N2O5. The summed E-state index contributed by atoms with van der Waals surface area (Å²) >= 11 is 0. The molecule has 0 fully saturated rings. The molecule has 0 bridgehead atoms. The molecule has 0 heterocycles. The molecule has 7 nitrogen and oxygen atoms in total. The van der Waals surface area contributed by atoms with Gasteiger partial charge in [-0.05, 0) is 12.5 Å². The van der Waals surface area contributed by atoms with E-state index in [0.29, 0.717) is 5.69 Å². The smallest absolute Gasteiger partial charge is 0.330 e. The summed E-state index contributed by atoms with van der Waals surface area (Å²) in [6, 6.07) is 3.29. The van der Waals surface area contributed by atoms with Crippen LogP contribution in [0.4, 0.5) is 11.4 Å². The van der Waals surface area contributed by atoms with Crippen LogP contribution in [0.1, 0.15) is 5.56 Å². The van der Waals surface area contributed by atoms with Crippen molar-refractivity contribution in [3.63, 3.8) is 0 Å². The molecule has 1 aromatic rings. The van der Waals surface area contributed by atoms with Crippen LogP contribution in [0.2, 0.25) is 0 Å². The largest absolute Gasteiger partial charge is 0.467 e. The van der Waals surface area contributed by atoms with Gasteiger partial charge in [-0.15, -0.1) is 0 Å². The maximum atomic E-state index is 11.3. The van der Waals surface area contributed by atoms with E-state index in [1.54, 1.807) is 13.0 Å². The molecule has 1 atom stereocenters. The van der Waals surface area contributed by atoms with Crippen LogP contribution in [0.5, 0.6) is 0 Å². The summed E-state index contributed by atoms with van der Waals surface area (Å²) in [4.78, 5) is 21.4. The highest BCUT2D eigenvalue weighted by molar-refractivity contribution is 5.80. The second-order valence-electron chi connectivity index (χ2n) is 3.66. The van der Waals surface area contributed by atoms with E-state index in [-0.39, 0.29) is 5.69 Å². The number of rotatable bonds is 5. The molecule has 1 unspecified atom stereocenters. The van der Waals surface area contributed by atoms with E-state index in [4.69, 9.17) is 5.11 Å². The zero-order chi connectivity index (χ0) is 13.7. The van der Waals surface area contributed by atoms with Crippen LogP contribution in [-0.2, 0) is 9.53 Å². The van der Waals surface area contributed by atoms with E-state index in [1.807, 2.05) is 0 Å². The third kappa shape index (κ3) is 3.17. The number of methoxy groups -OCH3 is 1. The van der Waals surface area contributed by atoms with E-state index in [1.165, 1.54) is 19.2 Å². The SMILES string of the molecule is COC(=O)C(CO)Nc1cc([N+](=O)[O-])ccc1C. The first-order valence-electron chi connectivity index (χ1n) is 5.20. The van der Waals surface area contributed by atoms with Crippen molar-refractivity contribution < 1.29 is 19.6 Å². The average molecular weight is 254 g/mol. The lowest BCUT2D eigenvalue weighted by Gasteiger charge is -2.16. The summed E-state index contributed by atoms with van der Waals surface area (Å²) in [7, 11) is 1.20. The number of non-ortho nitro benzene ring substituents is 1. The van der Waals surface area contributed by atoms with Crippen LogP contribution >= 0.6 is 0 Å². The number of carbonyl (C=O) groups is 1. The number of nitrogens with zero attached hydrogens (tertiary/aromatic N) is 1. The van der Waals surface area contributed by atoms with Gasteiger partial charge in [0, 0.05) is 17.8 Å². The molecule has 0 aliphatic rings. The van der Waals surface area contributed by atoms with Crippen LogP contribution in [0.25, 0.3) is 0 Å². The zero-order valence-electron chi connectivity index (χ0n) is 10.0. The summed E-state index contributed by atoms with van der Waals surface area (Å²) < 4.78 is 4.50. The molecule has 1 aromatic carbocycles. The molecule has 0 saturated heterocycles. The summed E-state index contributed by atoms with van der Waals surface area (Å²) in [6.45, 7) is 1.27. The number of anilines is 1. The number of ether oxygens (including phenoxy) is 1. The number of nitrogens with one attached hydrogen (secondary N) is 1. The first-order chi connectivity index (χ1) is 8.49. The maximum absolute atomic E-state index is 11.3. The van der Waals surface area contributed by atoms with Gasteiger partial charge in [-0.25, -0.2) is 4.79 Å². The van der Waals surface area contributed by atoms with Gasteiger partial charge in [-0.3, -0.25) is 10.1 Å². The Morgan fingerprint density at radius 2 is 2.28 bits per heavy atom. The number of hydrogen-bond donors (Lipinski definition) is 2. The quantitative estimate of drug-likeness (QED) is 0.459. The van der Waals surface area contributed by atoms with Gasteiger partial charge >= 0.3 is 5.97 Å². The molecule has 0 amide bonds. The van der Waals surface area contributed by atoms with Crippen molar-refractivity contribution in [2.75, 3.05) is 19.0 Å². The van der Waals surface area contributed by atoms with Crippen LogP contribution in [0, 0.1) is 17.0 Å². The second-order valence-corrected chi connectivity index (χ2v) is 3.66. The lowest BCUT2D eigenvalue weighted by atomic mass is 10.1. The molecule has 7 heteroatoms. The summed E-state index contributed by atoms with van der Waals surface area (Å²) in [5.74, 6) is -0.636. The van der Waals surface area contributed by atoms with Gasteiger partial charge in [0.05, 0.1) is 18.6 Å². The number of carbonyl (C=O) groups excluding carboxylic acids is 1. The standard InChI is InChI=1S/C11H14N2O5/c1-7-3-4-8(13(16)17)5-9(7)12-10(6-14)11(15)18-2/h3-5,10,12,14H,6H2,1-2H3. The molecule has 2 N–H and O–H groups in total. The number of aliphatic hydroxyl groups is 1. The van der Waals surface area contributed by atoms with Gasteiger partial charge < -0.3 is 15.2 Å². The van der Waals surface area contributed by atoms with Gasteiger partial charge in [-0.2, -0.15) is 0 Å². The third-order valence-corrected chi connectivity index (χ3v) is 2.43. The Kier molecular flexibility index (Phi) is 4.61. The summed E-state index contributed by atoms with van der Waals surface area (Å²) in [6.07, 6.45) is 0. The minimum absolute atomic E-state index is 0.0929. The van der Waals surface area contributed by atoms with Crippen LogP contribution < -0.4 is 5.32 Å². The molecule has 1 rings (SSSR count). The minimum atomic E-state index is -0.948. The van der Waals surface area contributed by atoms with Crippen LogP contribution in [0.15, 0.2) is 18.2 Å². The van der Waals surface area contributed by atoms with E-state index < -0.39 is 23.5 Å². The van der Waals surface area contributed by atoms with Crippen molar-refractivity contribution in [1.29, 1.82) is 0 Å². The van der Waals surface area contributed by atoms with E-state index in [2.05, 4.69) is 10.1 Å². The number of nitro benzene ring substituents is 1. The van der Waals surface area contributed by atoms with Crippen molar-refractivity contribution in [1.82, 2.24) is 0 Å². The highest BCUT2D eigenvalue weighted by Gasteiger charge is 2.19. The van der Waals surface area contributed by atoms with E-state index >= 15 is 0 Å². The topological polar surface area (TPSA) is 102 Å². The highest BCUT2D eigenvalue weighted by Crippen LogP contribution is 2.22. The Hall–Kier alpha value is -2.15. The Morgan fingerprint density at radius 1 is 1.61 bits per heavy atom. The van der Waals surface area contributed by atoms with E-state index in [9.17, 15) is 14.9 Å². The monoisotopic (exact) mass is 254 g/mol. The fourth-order valence-electron chi connectivity index (χ4n) is 1.39. The number of hydrogen-bond acceptors (Lipinski definition) is 6. The average Bonchev–Trinajstić information content (AvgIpc) is 2.36. The van der Waals surface area contributed by atoms with Gasteiger partial charge in [0.2, 0.25) is 0 Å². The van der Waals surface area contributed by atoms with Gasteiger partial charge in [-0.1, -0.05) is 6.07 Å². The van der Waals surface area contributed by atoms with Gasteiger partial charge in [0.25, 0.3) is 5.69 Å². The van der Waals surface area contributed by atoms with Crippen LogP contribution in [-0.4, -0.2) is 35.8 Å².